The van der Waals surface area contributed by atoms with Crippen LogP contribution in [0.1, 0.15) is 36.7 Å². The number of fused-ring (bicyclic) bond motifs is 1. The first kappa shape index (κ1) is 21.9. The predicted molar refractivity (Wildman–Crippen MR) is 130 cm³/mol. The summed E-state index contributed by atoms with van der Waals surface area (Å²) in [5.74, 6) is 0.877. The Hall–Kier alpha value is -4.30. The molecule has 0 aliphatic carbocycles. The zero-order valence-electron chi connectivity index (χ0n) is 18.8. The van der Waals surface area contributed by atoms with Gasteiger partial charge in [0.25, 0.3) is 0 Å². The van der Waals surface area contributed by atoms with Crippen LogP contribution in [0.5, 0.6) is 11.5 Å². The van der Waals surface area contributed by atoms with Gasteiger partial charge in [-0.3, -0.25) is 0 Å². The highest BCUT2D eigenvalue weighted by Crippen LogP contribution is 2.36. The van der Waals surface area contributed by atoms with Crippen LogP contribution >= 0.6 is 0 Å². The molecule has 0 bridgehead atoms. The van der Waals surface area contributed by atoms with E-state index in [0.29, 0.717) is 28.3 Å². The van der Waals surface area contributed by atoms with Crippen molar-refractivity contribution in [2.75, 3.05) is 5.73 Å². The van der Waals surface area contributed by atoms with Crippen LogP contribution < -0.4 is 10.5 Å². The predicted octanol–water partition coefficient (Wildman–Crippen LogP) is 6.71. The van der Waals surface area contributed by atoms with Gasteiger partial charge < -0.3 is 15.2 Å². The zero-order valence-corrected chi connectivity index (χ0v) is 18.8. The molecular weight excluding hydrogens is 412 g/mol. The Morgan fingerprint density at radius 1 is 0.909 bits per heavy atom. The minimum atomic E-state index is -0.581. The van der Waals surface area contributed by atoms with E-state index in [1.54, 1.807) is 24.3 Å². The molecule has 0 aliphatic heterocycles. The average Bonchev–Trinajstić information content (AvgIpc) is 2.79. The maximum atomic E-state index is 12.6. The molecule has 4 aromatic carbocycles. The van der Waals surface area contributed by atoms with Gasteiger partial charge in [0.05, 0.1) is 17.2 Å². The van der Waals surface area contributed by atoms with E-state index in [9.17, 15) is 4.79 Å². The standard InChI is InChI=1S/C28H24N2O3/c1-28(2,3)33-27(31)22-6-4-5-21(14-22)25-16-23(30)10-12-26(25)32-24-11-9-19-13-18(17-29)7-8-20(19)15-24/h4-16H,30H2,1-3H3. The number of anilines is 1. The number of rotatable bonds is 4. The summed E-state index contributed by atoms with van der Waals surface area (Å²) in [6.45, 7) is 5.51. The molecule has 0 unspecified atom stereocenters. The van der Waals surface area contributed by atoms with Crippen molar-refractivity contribution in [1.29, 1.82) is 5.26 Å². The largest absolute Gasteiger partial charge is 0.457 e. The van der Waals surface area contributed by atoms with Crippen LogP contribution in [0, 0.1) is 11.3 Å². The van der Waals surface area contributed by atoms with E-state index in [-0.39, 0.29) is 5.97 Å². The van der Waals surface area contributed by atoms with Gasteiger partial charge in [0, 0.05) is 11.3 Å². The van der Waals surface area contributed by atoms with Crippen LogP contribution in [0.4, 0.5) is 5.69 Å². The van der Waals surface area contributed by atoms with Gasteiger partial charge in [0.2, 0.25) is 0 Å². The minimum Gasteiger partial charge on any atom is -0.457 e. The van der Waals surface area contributed by atoms with Crippen LogP contribution in [0.25, 0.3) is 21.9 Å². The number of nitriles is 1. The summed E-state index contributed by atoms with van der Waals surface area (Å²) >= 11 is 0. The molecule has 33 heavy (non-hydrogen) atoms. The summed E-state index contributed by atoms with van der Waals surface area (Å²) in [5.41, 5.74) is 8.69. The van der Waals surface area contributed by atoms with Gasteiger partial charge in [0.15, 0.2) is 0 Å². The van der Waals surface area contributed by atoms with E-state index in [2.05, 4.69) is 6.07 Å². The van der Waals surface area contributed by atoms with Crippen molar-refractivity contribution in [2.24, 2.45) is 0 Å². The molecule has 0 aromatic heterocycles. The van der Waals surface area contributed by atoms with Gasteiger partial charge in [0.1, 0.15) is 17.1 Å². The normalized spacial score (nSPS) is 11.1. The van der Waals surface area contributed by atoms with Crippen molar-refractivity contribution in [3.8, 4) is 28.7 Å². The number of nitrogen functional groups attached to an aromatic ring is 1. The number of hydrogen-bond donors (Lipinski definition) is 1. The quantitative estimate of drug-likeness (QED) is 0.284. The fourth-order valence-electron chi connectivity index (χ4n) is 3.50. The SMILES string of the molecule is CC(C)(C)OC(=O)c1cccc(-c2cc(N)ccc2Oc2ccc3cc(C#N)ccc3c2)c1. The molecule has 0 atom stereocenters. The van der Waals surface area contributed by atoms with Crippen molar-refractivity contribution in [3.05, 3.63) is 90.0 Å². The number of hydrogen-bond acceptors (Lipinski definition) is 5. The van der Waals surface area contributed by atoms with Gasteiger partial charge in [-0.1, -0.05) is 24.3 Å². The maximum Gasteiger partial charge on any atom is 0.338 e. The van der Waals surface area contributed by atoms with Gasteiger partial charge in [-0.25, -0.2) is 4.79 Å². The molecule has 0 fully saturated rings. The molecule has 0 heterocycles. The van der Waals surface area contributed by atoms with Crippen LogP contribution in [0.2, 0.25) is 0 Å². The van der Waals surface area contributed by atoms with Gasteiger partial charge in [-0.05, 0) is 91.7 Å². The number of nitrogens with zero attached hydrogens (tertiary/aromatic N) is 1. The Morgan fingerprint density at radius 2 is 1.67 bits per heavy atom. The second kappa shape index (κ2) is 8.68. The summed E-state index contributed by atoms with van der Waals surface area (Å²) in [6, 6.07) is 26.0. The number of ether oxygens (including phenoxy) is 2. The highest BCUT2D eigenvalue weighted by molar-refractivity contribution is 5.92. The second-order valence-corrected chi connectivity index (χ2v) is 8.78. The maximum absolute atomic E-state index is 12.6. The molecular formula is C28H24N2O3. The number of esters is 1. The highest BCUT2D eigenvalue weighted by Gasteiger charge is 2.19. The van der Waals surface area contributed by atoms with Crippen molar-refractivity contribution >= 4 is 22.4 Å². The summed E-state index contributed by atoms with van der Waals surface area (Å²) in [6.07, 6.45) is 0. The number of carbonyl (C=O) groups excluding carboxylic acids is 1. The third-order valence-electron chi connectivity index (χ3n) is 4.98. The lowest BCUT2D eigenvalue weighted by atomic mass is 10.0. The van der Waals surface area contributed by atoms with Crippen molar-refractivity contribution in [3.63, 3.8) is 0 Å². The molecule has 0 spiro atoms. The lowest BCUT2D eigenvalue weighted by molar-refractivity contribution is 0.00695. The van der Waals surface area contributed by atoms with Crippen molar-refractivity contribution in [1.82, 2.24) is 0 Å². The van der Waals surface area contributed by atoms with Crippen LogP contribution in [-0.4, -0.2) is 11.6 Å². The van der Waals surface area contributed by atoms with Crippen molar-refractivity contribution in [2.45, 2.75) is 26.4 Å². The fourth-order valence-corrected chi connectivity index (χ4v) is 3.50. The Morgan fingerprint density at radius 3 is 2.42 bits per heavy atom. The van der Waals surface area contributed by atoms with E-state index < -0.39 is 5.60 Å². The van der Waals surface area contributed by atoms with E-state index >= 15 is 0 Å². The smallest absolute Gasteiger partial charge is 0.338 e. The molecule has 0 saturated heterocycles. The van der Waals surface area contributed by atoms with Crippen LogP contribution in [0.15, 0.2) is 78.9 Å². The van der Waals surface area contributed by atoms with Gasteiger partial charge >= 0.3 is 5.97 Å². The molecule has 5 nitrogen and oxygen atoms in total. The summed E-state index contributed by atoms with van der Waals surface area (Å²) in [5, 5.41) is 11.0. The van der Waals surface area contributed by atoms with E-state index in [0.717, 1.165) is 21.9 Å². The fraction of sp³-hybridized carbons (Fsp3) is 0.143. The Balaban J connectivity index is 1.69. The molecule has 0 amide bonds. The Labute approximate surface area is 193 Å². The monoisotopic (exact) mass is 436 g/mol. The van der Waals surface area contributed by atoms with E-state index in [4.69, 9.17) is 20.5 Å². The van der Waals surface area contributed by atoms with Crippen molar-refractivity contribution < 1.29 is 14.3 Å². The van der Waals surface area contributed by atoms with E-state index in [1.807, 2.05) is 75.4 Å². The second-order valence-electron chi connectivity index (χ2n) is 8.78. The van der Waals surface area contributed by atoms with Crippen LogP contribution in [-0.2, 0) is 4.74 Å². The highest BCUT2D eigenvalue weighted by atomic mass is 16.6. The molecule has 5 heteroatoms. The summed E-state index contributed by atoms with van der Waals surface area (Å²) < 4.78 is 11.7. The Kier molecular flexibility index (Phi) is 5.76. The molecule has 2 N–H and O–H groups in total. The first-order valence-corrected chi connectivity index (χ1v) is 10.6. The summed E-state index contributed by atoms with van der Waals surface area (Å²) in [4.78, 5) is 12.6. The topological polar surface area (TPSA) is 85.3 Å². The number of carbonyl (C=O) groups is 1. The first-order chi connectivity index (χ1) is 15.7. The molecule has 0 saturated carbocycles. The lowest BCUT2D eigenvalue weighted by Crippen LogP contribution is -2.23. The molecule has 4 aromatic rings. The third kappa shape index (κ3) is 5.13. The number of nitrogens with two attached hydrogens (primary N) is 1. The van der Waals surface area contributed by atoms with E-state index in [1.165, 1.54) is 0 Å². The molecule has 164 valence electrons. The minimum absolute atomic E-state index is 0.387. The molecule has 4 rings (SSSR count). The third-order valence-corrected chi connectivity index (χ3v) is 4.98. The number of benzene rings is 4. The lowest BCUT2D eigenvalue weighted by Gasteiger charge is -2.20. The van der Waals surface area contributed by atoms with Crippen LogP contribution in [0.3, 0.4) is 0 Å². The zero-order chi connectivity index (χ0) is 23.6. The molecule has 0 aliphatic rings. The first-order valence-electron chi connectivity index (χ1n) is 10.6. The average molecular weight is 437 g/mol. The van der Waals surface area contributed by atoms with Gasteiger partial charge in [-0.15, -0.1) is 0 Å². The Bertz CT molecular complexity index is 1390. The summed E-state index contributed by atoms with van der Waals surface area (Å²) in [7, 11) is 0. The van der Waals surface area contributed by atoms with Gasteiger partial charge in [-0.2, -0.15) is 5.26 Å². The molecule has 0 radical (unpaired) electrons.